The first-order valence-electron chi connectivity index (χ1n) is 6.52. The molecule has 1 aromatic heterocycles. The van der Waals surface area contributed by atoms with Crippen LogP contribution in [0.15, 0.2) is 6.07 Å². The summed E-state index contributed by atoms with van der Waals surface area (Å²) in [5.41, 5.74) is 6.68. The molecule has 0 spiro atoms. The van der Waals surface area contributed by atoms with Crippen molar-refractivity contribution in [2.45, 2.75) is 32.8 Å². The summed E-state index contributed by atoms with van der Waals surface area (Å²) in [6, 6.07) is 2.03. The Morgan fingerprint density at radius 2 is 2.28 bits per heavy atom. The molecule has 0 saturated carbocycles. The van der Waals surface area contributed by atoms with Crippen molar-refractivity contribution < 1.29 is 4.74 Å². The van der Waals surface area contributed by atoms with Gasteiger partial charge in [-0.05, 0) is 6.92 Å². The molecule has 0 aromatic carbocycles. The average molecular weight is 250 g/mol. The Labute approximate surface area is 108 Å². The van der Waals surface area contributed by atoms with Gasteiger partial charge in [0, 0.05) is 37.3 Å². The third-order valence-corrected chi connectivity index (χ3v) is 3.10. The van der Waals surface area contributed by atoms with Crippen LogP contribution in [0.25, 0.3) is 0 Å². The summed E-state index contributed by atoms with van der Waals surface area (Å²) in [6.45, 7) is 9.17. The standard InChI is InChI=1S/C13H22N4O/c1-9(2)13-15-10(3)6-12(16-13)17-4-5-18-11(7-14)8-17/h6,9,11H,4-5,7-8,14H2,1-3H3. The maximum Gasteiger partial charge on any atom is 0.133 e. The molecule has 0 radical (unpaired) electrons. The molecule has 2 N–H and O–H groups in total. The molecule has 1 aliphatic heterocycles. The Kier molecular flexibility index (Phi) is 4.14. The summed E-state index contributed by atoms with van der Waals surface area (Å²) in [4.78, 5) is 11.4. The van der Waals surface area contributed by atoms with Crippen molar-refractivity contribution in [1.29, 1.82) is 0 Å². The number of nitrogens with zero attached hydrogens (tertiary/aromatic N) is 3. The van der Waals surface area contributed by atoms with Crippen molar-refractivity contribution >= 4 is 5.82 Å². The van der Waals surface area contributed by atoms with Gasteiger partial charge in [-0.2, -0.15) is 0 Å². The maximum atomic E-state index is 5.67. The molecule has 1 aromatic rings. The molecule has 1 aliphatic rings. The monoisotopic (exact) mass is 250 g/mol. The summed E-state index contributed by atoms with van der Waals surface area (Å²) in [7, 11) is 0. The maximum absolute atomic E-state index is 5.67. The van der Waals surface area contributed by atoms with E-state index < -0.39 is 0 Å². The molecule has 5 heteroatoms. The molecule has 0 amide bonds. The van der Waals surface area contributed by atoms with Gasteiger partial charge in [0.1, 0.15) is 11.6 Å². The van der Waals surface area contributed by atoms with Crippen LogP contribution in [0, 0.1) is 6.92 Å². The minimum atomic E-state index is 0.108. The van der Waals surface area contributed by atoms with Gasteiger partial charge in [-0.25, -0.2) is 9.97 Å². The zero-order valence-electron chi connectivity index (χ0n) is 11.4. The largest absolute Gasteiger partial charge is 0.373 e. The first-order chi connectivity index (χ1) is 8.60. The summed E-state index contributed by atoms with van der Waals surface area (Å²) in [6.07, 6.45) is 0.108. The van der Waals surface area contributed by atoms with Gasteiger partial charge in [0.15, 0.2) is 0 Å². The number of anilines is 1. The molecular formula is C13H22N4O. The number of morpholine rings is 1. The third kappa shape index (κ3) is 2.97. The molecule has 1 unspecified atom stereocenters. The molecule has 1 atom stereocenters. The molecule has 100 valence electrons. The van der Waals surface area contributed by atoms with E-state index in [2.05, 4.69) is 28.7 Å². The molecule has 2 rings (SSSR count). The Bertz CT molecular complexity index is 408. The van der Waals surface area contributed by atoms with Crippen LogP contribution in [-0.2, 0) is 4.74 Å². The fourth-order valence-electron chi connectivity index (χ4n) is 2.06. The van der Waals surface area contributed by atoms with E-state index in [1.165, 1.54) is 0 Å². The van der Waals surface area contributed by atoms with Gasteiger partial charge >= 0.3 is 0 Å². The van der Waals surface area contributed by atoms with Crippen molar-refractivity contribution in [2.75, 3.05) is 31.1 Å². The second kappa shape index (κ2) is 5.63. The molecular weight excluding hydrogens is 228 g/mol. The zero-order valence-corrected chi connectivity index (χ0v) is 11.4. The lowest BCUT2D eigenvalue weighted by molar-refractivity contribution is 0.0462. The number of aromatic nitrogens is 2. The van der Waals surface area contributed by atoms with Crippen molar-refractivity contribution in [1.82, 2.24) is 9.97 Å². The quantitative estimate of drug-likeness (QED) is 0.869. The van der Waals surface area contributed by atoms with E-state index in [9.17, 15) is 0 Å². The predicted molar refractivity (Wildman–Crippen MR) is 71.9 cm³/mol. The van der Waals surface area contributed by atoms with E-state index in [4.69, 9.17) is 10.5 Å². The lowest BCUT2D eigenvalue weighted by Gasteiger charge is -2.33. The first kappa shape index (κ1) is 13.2. The van der Waals surface area contributed by atoms with Crippen LogP contribution in [-0.4, -0.2) is 42.3 Å². The highest BCUT2D eigenvalue weighted by Crippen LogP contribution is 2.19. The van der Waals surface area contributed by atoms with Gasteiger partial charge in [-0.3, -0.25) is 0 Å². The van der Waals surface area contributed by atoms with E-state index in [1.54, 1.807) is 0 Å². The second-order valence-corrected chi connectivity index (χ2v) is 5.05. The lowest BCUT2D eigenvalue weighted by atomic mass is 10.2. The molecule has 18 heavy (non-hydrogen) atoms. The fraction of sp³-hybridized carbons (Fsp3) is 0.692. The average Bonchev–Trinajstić information content (AvgIpc) is 2.38. The van der Waals surface area contributed by atoms with Crippen molar-refractivity contribution in [3.8, 4) is 0 Å². The molecule has 0 aliphatic carbocycles. The van der Waals surface area contributed by atoms with Crippen molar-refractivity contribution in [3.05, 3.63) is 17.6 Å². The highest BCUT2D eigenvalue weighted by atomic mass is 16.5. The predicted octanol–water partition coefficient (Wildman–Crippen LogP) is 1.07. The Hall–Kier alpha value is -1.20. The number of hydrogen-bond acceptors (Lipinski definition) is 5. The van der Waals surface area contributed by atoms with Crippen LogP contribution in [0.1, 0.15) is 31.3 Å². The number of aryl methyl sites for hydroxylation is 1. The highest BCUT2D eigenvalue weighted by Gasteiger charge is 2.21. The van der Waals surface area contributed by atoms with Crippen molar-refractivity contribution in [3.63, 3.8) is 0 Å². The normalized spacial score (nSPS) is 20.5. The van der Waals surface area contributed by atoms with Crippen LogP contribution in [0.4, 0.5) is 5.82 Å². The van der Waals surface area contributed by atoms with Crippen LogP contribution < -0.4 is 10.6 Å². The molecule has 1 fully saturated rings. The van der Waals surface area contributed by atoms with Crippen molar-refractivity contribution in [2.24, 2.45) is 5.73 Å². The Morgan fingerprint density at radius 3 is 2.94 bits per heavy atom. The summed E-state index contributed by atoms with van der Waals surface area (Å²) >= 11 is 0. The molecule has 1 saturated heterocycles. The van der Waals surface area contributed by atoms with E-state index >= 15 is 0 Å². The highest BCUT2D eigenvalue weighted by molar-refractivity contribution is 5.40. The zero-order chi connectivity index (χ0) is 13.1. The van der Waals surface area contributed by atoms with Gasteiger partial charge in [0.05, 0.1) is 12.7 Å². The number of hydrogen-bond donors (Lipinski definition) is 1. The van der Waals surface area contributed by atoms with Gasteiger partial charge in [-0.1, -0.05) is 13.8 Å². The number of rotatable bonds is 3. The van der Waals surface area contributed by atoms with Gasteiger partial charge in [0.2, 0.25) is 0 Å². The second-order valence-electron chi connectivity index (χ2n) is 5.05. The smallest absolute Gasteiger partial charge is 0.133 e. The third-order valence-electron chi connectivity index (χ3n) is 3.10. The minimum Gasteiger partial charge on any atom is -0.373 e. The summed E-state index contributed by atoms with van der Waals surface area (Å²) < 4.78 is 5.58. The van der Waals surface area contributed by atoms with Crippen LogP contribution in [0.3, 0.4) is 0 Å². The van der Waals surface area contributed by atoms with Gasteiger partial charge in [-0.15, -0.1) is 0 Å². The van der Waals surface area contributed by atoms with E-state index in [1.807, 2.05) is 13.0 Å². The first-order valence-corrected chi connectivity index (χ1v) is 6.52. The molecule has 2 heterocycles. The molecule has 0 bridgehead atoms. The van der Waals surface area contributed by atoms with Gasteiger partial charge < -0.3 is 15.4 Å². The summed E-state index contributed by atoms with van der Waals surface area (Å²) in [5.74, 6) is 2.24. The van der Waals surface area contributed by atoms with E-state index in [0.29, 0.717) is 19.1 Å². The lowest BCUT2D eigenvalue weighted by Crippen LogP contribution is -2.46. The SMILES string of the molecule is Cc1cc(N2CCOC(CN)C2)nc(C(C)C)n1. The van der Waals surface area contributed by atoms with E-state index in [-0.39, 0.29) is 6.10 Å². The fourth-order valence-corrected chi connectivity index (χ4v) is 2.06. The van der Waals surface area contributed by atoms with Crippen LogP contribution in [0.5, 0.6) is 0 Å². The number of nitrogens with two attached hydrogens (primary N) is 1. The number of ether oxygens (including phenoxy) is 1. The van der Waals surface area contributed by atoms with E-state index in [0.717, 1.165) is 30.4 Å². The minimum absolute atomic E-state index is 0.108. The van der Waals surface area contributed by atoms with Crippen LogP contribution >= 0.6 is 0 Å². The van der Waals surface area contributed by atoms with Gasteiger partial charge in [0.25, 0.3) is 0 Å². The molecule has 5 nitrogen and oxygen atoms in total. The topological polar surface area (TPSA) is 64.3 Å². The Balaban J connectivity index is 2.21. The van der Waals surface area contributed by atoms with Crippen LogP contribution in [0.2, 0.25) is 0 Å². The Morgan fingerprint density at radius 1 is 1.50 bits per heavy atom. The summed E-state index contributed by atoms with van der Waals surface area (Å²) in [5, 5.41) is 0.